The fourth-order valence-corrected chi connectivity index (χ4v) is 4.38. The second-order valence-corrected chi connectivity index (χ2v) is 9.20. The van der Waals surface area contributed by atoms with E-state index in [9.17, 15) is 4.79 Å². The van der Waals surface area contributed by atoms with Gasteiger partial charge in [0, 0.05) is 54.0 Å². The molecule has 1 amide bonds. The molecule has 1 aromatic carbocycles. The first-order chi connectivity index (χ1) is 16.0. The molecule has 3 heterocycles. The molecule has 10 heteroatoms. The summed E-state index contributed by atoms with van der Waals surface area (Å²) in [4.78, 5) is 24.4. The van der Waals surface area contributed by atoms with Crippen LogP contribution in [0.3, 0.4) is 0 Å². The van der Waals surface area contributed by atoms with Crippen molar-refractivity contribution in [3.8, 4) is 0 Å². The highest BCUT2D eigenvalue weighted by Crippen LogP contribution is 2.30. The second-order valence-electron chi connectivity index (χ2n) is 8.16. The minimum Gasteiger partial charge on any atom is -0.356 e. The summed E-state index contributed by atoms with van der Waals surface area (Å²) >= 11 is 1.48. The van der Waals surface area contributed by atoms with Gasteiger partial charge in [0.15, 0.2) is 11.0 Å². The number of aromatic amines is 1. The monoisotopic (exact) mass is 466 g/mol. The molecule has 1 atom stereocenters. The normalized spacial score (nSPS) is 16.3. The lowest BCUT2D eigenvalue weighted by Gasteiger charge is -2.22. The number of aryl methyl sites for hydroxylation is 1. The Balaban J connectivity index is 1.57. The second kappa shape index (κ2) is 10.7. The maximum Gasteiger partial charge on any atom is 0.224 e. The number of carbonyl (C=O) groups is 1. The average Bonchev–Trinajstić information content (AvgIpc) is 3.08. The van der Waals surface area contributed by atoms with Gasteiger partial charge in [-0.05, 0) is 62.2 Å². The van der Waals surface area contributed by atoms with Gasteiger partial charge in [0.25, 0.3) is 0 Å². The van der Waals surface area contributed by atoms with Crippen LogP contribution < -0.4 is 21.3 Å². The summed E-state index contributed by atoms with van der Waals surface area (Å²) in [6.07, 6.45) is 3.46. The summed E-state index contributed by atoms with van der Waals surface area (Å²) in [5.41, 5.74) is 7.93. The summed E-state index contributed by atoms with van der Waals surface area (Å²) in [5, 5.41) is 14.0. The molecule has 9 nitrogen and oxygen atoms in total. The highest BCUT2D eigenvalue weighted by Gasteiger charge is 2.18. The quantitative estimate of drug-likeness (QED) is 0.384. The minimum absolute atomic E-state index is 0.00655. The number of benzene rings is 1. The van der Waals surface area contributed by atoms with Crippen LogP contribution in [0.1, 0.15) is 38.3 Å². The molecule has 1 aliphatic rings. The maximum atomic E-state index is 11.6. The third-order valence-electron chi connectivity index (χ3n) is 5.42. The summed E-state index contributed by atoms with van der Waals surface area (Å²) in [7, 11) is 0. The molecule has 0 spiro atoms. The zero-order valence-corrected chi connectivity index (χ0v) is 19.8. The standard InChI is InChI=1S/C23H30N8OS/c1-3-22(32)25-17-6-8-18(9-7-17)33-23-27-19(26-20-13-15(2)29-30-20)14-21(28-23)31-11-4-5-16(24)10-12-31/h6-9,13-14,16H,3-5,10-12,24H2,1-2H3,(H,25,32)(H2,26,27,28,29,30). The summed E-state index contributed by atoms with van der Waals surface area (Å²) < 4.78 is 0. The van der Waals surface area contributed by atoms with Crippen LogP contribution in [0.2, 0.25) is 0 Å². The molecule has 33 heavy (non-hydrogen) atoms. The van der Waals surface area contributed by atoms with E-state index in [1.54, 1.807) is 0 Å². The van der Waals surface area contributed by atoms with Crippen LogP contribution in [0.4, 0.5) is 23.1 Å². The van der Waals surface area contributed by atoms with Crippen molar-refractivity contribution in [1.82, 2.24) is 20.2 Å². The summed E-state index contributed by atoms with van der Waals surface area (Å²) in [6.45, 7) is 5.58. The van der Waals surface area contributed by atoms with Crippen molar-refractivity contribution >= 4 is 40.8 Å². The first-order valence-electron chi connectivity index (χ1n) is 11.2. The molecule has 0 bridgehead atoms. The fourth-order valence-electron chi connectivity index (χ4n) is 3.61. The highest BCUT2D eigenvalue weighted by atomic mass is 32.2. The number of nitrogens with two attached hydrogens (primary N) is 1. The molecule has 0 saturated carbocycles. The van der Waals surface area contributed by atoms with Gasteiger partial charge in [0.2, 0.25) is 5.91 Å². The van der Waals surface area contributed by atoms with Gasteiger partial charge < -0.3 is 21.3 Å². The molecule has 3 aromatic rings. The predicted molar refractivity (Wildman–Crippen MR) is 132 cm³/mol. The number of amides is 1. The summed E-state index contributed by atoms with van der Waals surface area (Å²) in [6, 6.07) is 11.8. The van der Waals surface area contributed by atoms with Crippen molar-refractivity contribution < 1.29 is 4.79 Å². The Labute approximate surface area is 198 Å². The molecule has 1 saturated heterocycles. The van der Waals surface area contributed by atoms with Crippen LogP contribution in [0.25, 0.3) is 0 Å². The Morgan fingerprint density at radius 1 is 1.18 bits per heavy atom. The van der Waals surface area contributed by atoms with Crippen LogP contribution in [-0.4, -0.2) is 45.2 Å². The van der Waals surface area contributed by atoms with E-state index in [4.69, 9.17) is 15.7 Å². The van der Waals surface area contributed by atoms with E-state index in [-0.39, 0.29) is 11.9 Å². The average molecular weight is 467 g/mol. The smallest absolute Gasteiger partial charge is 0.224 e. The zero-order chi connectivity index (χ0) is 23.2. The Bertz CT molecular complexity index is 1080. The Morgan fingerprint density at radius 2 is 2.00 bits per heavy atom. The van der Waals surface area contributed by atoms with Crippen LogP contribution in [0.5, 0.6) is 0 Å². The third kappa shape index (κ3) is 6.45. The molecule has 4 rings (SSSR count). The SMILES string of the molecule is CCC(=O)Nc1ccc(Sc2nc(Nc3cc(C)[nH]n3)cc(N3CCCC(N)CC3)n2)cc1. The van der Waals surface area contributed by atoms with Crippen molar-refractivity contribution in [2.75, 3.05) is 28.6 Å². The number of carbonyl (C=O) groups excluding carboxylic acids is 1. The largest absolute Gasteiger partial charge is 0.356 e. The van der Waals surface area contributed by atoms with Crippen molar-refractivity contribution in [3.63, 3.8) is 0 Å². The molecular weight excluding hydrogens is 436 g/mol. The van der Waals surface area contributed by atoms with Gasteiger partial charge in [-0.25, -0.2) is 9.97 Å². The lowest BCUT2D eigenvalue weighted by Crippen LogP contribution is -2.27. The number of hydrogen-bond acceptors (Lipinski definition) is 8. The minimum atomic E-state index is -0.00655. The zero-order valence-electron chi connectivity index (χ0n) is 19.0. The van der Waals surface area contributed by atoms with Crippen LogP contribution in [-0.2, 0) is 4.79 Å². The molecule has 174 valence electrons. The molecular formula is C23H30N8OS. The lowest BCUT2D eigenvalue weighted by molar-refractivity contribution is -0.115. The van der Waals surface area contributed by atoms with E-state index in [1.165, 1.54) is 11.8 Å². The topological polar surface area (TPSA) is 125 Å². The highest BCUT2D eigenvalue weighted by molar-refractivity contribution is 7.99. The number of aromatic nitrogens is 4. The Hall–Kier alpha value is -3.11. The van der Waals surface area contributed by atoms with E-state index < -0.39 is 0 Å². The van der Waals surface area contributed by atoms with Gasteiger partial charge in [0.05, 0.1) is 0 Å². The van der Waals surface area contributed by atoms with Gasteiger partial charge in [-0.15, -0.1) is 0 Å². The molecule has 1 aliphatic heterocycles. The van der Waals surface area contributed by atoms with Crippen molar-refractivity contribution in [1.29, 1.82) is 0 Å². The molecule has 0 aliphatic carbocycles. The van der Waals surface area contributed by atoms with Crippen LogP contribution in [0, 0.1) is 6.92 Å². The van der Waals surface area contributed by atoms with Gasteiger partial charge in [0.1, 0.15) is 11.6 Å². The number of H-pyrrole nitrogens is 1. The number of nitrogens with one attached hydrogen (secondary N) is 3. The maximum absolute atomic E-state index is 11.6. The Morgan fingerprint density at radius 3 is 2.73 bits per heavy atom. The summed E-state index contributed by atoms with van der Waals surface area (Å²) in [5.74, 6) is 2.27. The van der Waals surface area contributed by atoms with Crippen molar-refractivity contribution in [2.45, 2.75) is 55.6 Å². The van der Waals surface area contributed by atoms with E-state index in [2.05, 4.69) is 25.7 Å². The molecule has 2 aromatic heterocycles. The van der Waals surface area contributed by atoms with E-state index in [0.29, 0.717) is 23.2 Å². The molecule has 5 N–H and O–H groups in total. The van der Waals surface area contributed by atoms with E-state index in [0.717, 1.165) is 54.4 Å². The van der Waals surface area contributed by atoms with Gasteiger partial charge in [-0.1, -0.05) is 6.92 Å². The van der Waals surface area contributed by atoms with Gasteiger partial charge in [-0.3, -0.25) is 9.89 Å². The molecule has 1 unspecified atom stereocenters. The van der Waals surface area contributed by atoms with Crippen molar-refractivity contribution in [3.05, 3.63) is 42.1 Å². The first-order valence-corrected chi connectivity index (χ1v) is 12.1. The predicted octanol–water partition coefficient (Wildman–Crippen LogP) is 4.07. The van der Waals surface area contributed by atoms with Gasteiger partial charge in [-0.2, -0.15) is 5.10 Å². The lowest BCUT2D eigenvalue weighted by atomic mass is 10.1. The van der Waals surface area contributed by atoms with Crippen LogP contribution >= 0.6 is 11.8 Å². The number of anilines is 4. The number of hydrogen-bond donors (Lipinski definition) is 4. The van der Waals surface area contributed by atoms with Crippen molar-refractivity contribution in [2.24, 2.45) is 5.73 Å². The Kier molecular flexibility index (Phi) is 7.46. The van der Waals surface area contributed by atoms with Gasteiger partial charge >= 0.3 is 0 Å². The van der Waals surface area contributed by atoms with Crippen LogP contribution in [0.15, 0.2) is 46.5 Å². The van der Waals surface area contributed by atoms with E-state index in [1.807, 2.05) is 50.2 Å². The number of nitrogens with zero attached hydrogens (tertiary/aromatic N) is 4. The number of rotatable bonds is 7. The fraction of sp³-hybridized carbons (Fsp3) is 0.391. The first kappa shape index (κ1) is 23.1. The van der Waals surface area contributed by atoms with E-state index >= 15 is 0 Å². The molecule has 1 fully saturated rings. The molecule has 0 radical (unpaired) electrons. The third-order valence-corrected chi connectivity index (χ3v) is 6.29.